The Morgan fingerprint density at radius 1 is 0.969 bits per heavy atom. The standard InChI is InChI=1S/C25H33N3O3S/c1-19(29)26-20-6-8-21(9-7-20)31-22-12-16-28(17-13-22)25(30)24-11-10-23(32-24)18-27-14-4-2-3-5-15-27/h6-11,22H,2-5,12-18H2,1H3,(H,26,29). The number of likely N-dealkylation sites (tertiary alicyclic amines) is 2. The maximum Gasteiger partial charge on any atom is 0.263 e. The summed E-state index contributed by atoms with van der Waals surface area (Å²) in [6.45, 7) is 6.23. The minimum Gasteiger partial charge on any atom is -0.490 e. The first-order valence-corrected chi connectivity index (χ1v) is 12.5. The molecular weight excluding hydrogens is 422 g/mol. The van der Waals surface area contributed by atoms with E-state index in [1.807, 2.05) is 35.2 Å². The smallest absolute Gasteiger partial charge is 0.263 e. The van der Waals surface area contributed by atoms with Gasteiger partial charge in [0.15, 0.2) is 0 Å². The Hall–Kier alpha value is -2.38. The van der Waals surface area contributed by atoms with E-state index >= 15 is 0 Å². The predicted molar refractivity (Wildman–Crippen MR) is 128 cm³/mol. The van der Waals surface area contributed by atoms with Gasteiger partial charge in [0, 0.05) is 50.0 Å². The van der Waals surface area contributed by atoms with Crippen LogP contribution in [0, 0.1) is 0 Å². The normalized spacial score (nSPS) is 18.2. The summed E-state index contributed by atoms with van der Waals surface area (Å²) in [5, 5.41) is 2.76. The van der Waals surface area contributed by atoms with E-state index in [4.69, 9.17) is 4.74 Å². The highest BCUT2D eigenvalue weighted by Crippen LogP contribution is 2.25. The van der Waals surface area contributed by atoms with E-state index in [1.165, 1.54) is 50.6 Å². The summed E-state index contributed by atoms with van der Waals surface area (Å²) < 4.78 is 6.09. The molecule has 2 saturated heterocycles. The van der Waals surface area contributed by atoms with Crippen molar-refractivity contribution in [3.8, 4) is 5.75 Å². The van der Waals surface area contributed by atoms with E-state index in [2.05, 4.69) is 16.3 Å². The third kappa shape index (κ3) is 6.33. The van der Waals surface area contributed by atoms with Crippen LogP contribution in [0.3, 0.4) is 0 Å². The van der Waals surface area contributed by atoms with Crippen molar-refractivity contribution >= 4 is 28.8 Å². The van der Waals surface area contributed by atoms with Crippen LogP contribution < -0.4 is 10.1 Å². The van der Waals surface area contributed by atoms with Crippen LogP contribution in [0.1, 0.15) is 60.0 Å². The number of rotatable bonds is 6. The second kappa shape index (κ2) is 11.0. The minimum atomic E-state index is -0.0875. The molecule has 0 spiro atoms. The van der Waals surface area contributed by atoms with Gasteiger partial charge in [-0.05, 0) is 62.3 Å². The molecule has 4 rings (SSSR count). The molecule has 1 aromatic carbocycles. The van der Waals surface area contributed by atoms with Crippen molar-refractivity contribution in [1.82, 2.24) is 9.80 Å². The Labute approximate surface area is 194 Å². The van der Waals surface area contributed by atoms with Gasteiger partial charge in [0.1, 0.15) is 11.9 Å². The van der Waals surface area contributed by atoms with Crippen LogP contribution in [0.5, 0.6) is 5.75 Å². The summed E-state index contributed by atoms with van der Waals surface area (Å²) in [6.07, 6.45) is 7.00. The van der Waals surface area contributed by atoms with Crippen molar-refractivity contribution in [2.75, 3.05) is 31.5 Å². The molecule has 32 heavy (non-hydrogen) atoms. The van der Waals surface area contributed by atoms with Crippen molar-refractivity contribution in [3.05, 3.63) is 46.2 Å². The summed E-state index contributed by atoms with van der Waals surface area (Å²) in [7, 11) is 0. The molecule has 1 N–H and O–H groups in total. The molecule has 2 aromatic rings. The fraction of sp³-hybridized carbons (Fsp3) is 0.520. The first-order chi connectivity index (χ1) is 15.6. The van der Waals surface area contributed by atoms with E-state index in [-0.39, 0.29) is 17.9 Å². The molecule has 2 aliphatic heterocycles. The molecule has 2 amide bonds. The van der Waals surface area contributed by atoms with Gasteiger partial charge < -0.3 is 15.0 Å². The molecule has 6 nitrogen and oxygen atoms in total. The summed E-state index contributed by atoms with van der Waals surface area (Å²) in [4.78, 5) is 30.8. The molecule has 0 saturated carbocycles. The Morgan fingerprint density at radius 3 is 2.31 bits per heavy atom. The van der Waals surface area contributed by atoms with Crippen LogP contribution in [0.4, 0.5) is 5.69 Å². The number of carbonyl (C=O) groups is 2. The van der Waals surface area contributed by atoms with Gasteiger partial charge in [-0.3, -0.25) is 14.5 Å². The number of anilines is 1. The summed E-state index contributed by atoms with van der Waals surface area (Å²) in [5.74, 6) is 0.853. The second-order valence-corrected chi connectivity index (χ2v) is 9.94. The SMILES string of the molecule is CC(=O)Nc1ccc(OC2CCN(C(=O)c3ccc(CN4CCCCCC4)s3)CC2)cc1. The molecule has 3 heterocycles. The zero-order chi connectivity index (χ0) is 22.3. The maximum absolute atomic E-state index is 13.0. The molecule has 7 heteroatoms. The van der Waals surface area contributed by atoms with Gasteiger partial charge in [-0.15, -0.1) is 11.3 Å². The average Bonchev–Trinajstić information content (AvgIpc) is 3.10. The molecule has 0 unspecified atom stereocenters. The van der Waals surface area contributed by atoms with Gasteiger partial charge in [0.25, 0.3) is 5.91 Å². The first-order valence-electron chi connectivity index (χ1n) is 11.7. The van der Waals surface area contributed by atoms with Crippen LogP contribution in [0.15, 0.2) is 36.4 Å². The Morgan fingerprint density at radius 2 is 1.66 bits per heavy atom. The van der Waals surface area contributed by atoms with E-state index in [9.17, 15) is 9.59 Å². The van der Waals surface area contributed by atoms with Crippen LogP contribution in [0.25, 0.3) is 0 Å². The topological polar surface area (TPSA) is 61.9 Å². The first kappa shape index (κ1) is 22.8. The van der Waals surface area contributed by atoms with Crippen LogP contribution in [-0.2, 0) is 11.3 Å². The fourth-order valence-corrected chi connectivity index (χ4v) is 5.46. The zero-order valence-electron chi connectivity index (χ0n) is 18.8. The number of nitrogens with one attached hydrogen (secondary N) is 1. The fourth-order valence-electron chi connectivity index (χ4n) is 4.44. The molecule has 2 aliphatic rings. The van der Waals surface area contributed by atoms with Crippen LogP contribution >= 0.6 is 11.3 Å². The largest absolute Gasteiger partial charge is 0.490 e. The molecular formula is C25H33N3O3S. The summed E-state index contributed by atoms with van der Waals surface area (Å²) in [6, 6.07) is 11.6. The number of ether oxygens (including phenoxy) is 1. The number of hydrogen-bond acceptors (Lipinski definition) is 5. The van der Waals surface area contributed by atoms with Gasteiger partial charge in [0.2, 0.25) is 5.91 Å². The third-order valence-corrected chi connectivity index (χ3v) is 7.22. The predicted octanol–water partition coefficient (Wildman–Crippen LogP) is 4.77. The highest BCUT2D eigenvalue weighted by atomic mass is 32.1. The summed E-state index contributed by atoms with van der Waals surface area (Å²) >= 11 is 1.65. The van der Waals surface area contributed by atoms with E-state index in [0.717, 1.165) is 35.7 Å². The number of carbonyl (C=O) groups excluding carboxylic acids is 2. The van der Waals surface area contributed by atoms with Gasteiger partial charge >= 0.3 is 0 Å². The Kier molecular flexibility index (Phi) is 7.81. The van der Waals surface area contributed by atoms with Crippen LogP contribution in [0.2, 0.25) is 0 Å². The van der Waals surface area contributed by atoms with Crippen molar-refractivity contribution in [2.45, 2.75) is 58.1 Å². The third-order valence-electron chi connectivity index (χ3n) is 6.16. The molecule has 1 aromatic heterocycles. The van der Waals surface area contributed by atoms with Gasteiger partial charge in [-0.2, -0.15) is 0 Å². The number of thiophene rings is 1. The quantitative estimate of drug-likeness (QED) is 0.682. The van der Waals surface area contributed by atoms with E-state index in [0.29, 0.717) is 13.1 Å². The lowest BCUT2D eigenvalue weighted by Gasteiger charge is -2.32. The molecule has 0 bridgehead atoms. The van der Waals surface area contributed by atoms with Crippen LogP contribution in [-0.4, -0.2) is 53.9 Å². The monoisotopic (exact) mass is 455 g/mol. The summed E-state index contributed by atoms with van der Waals surface area (Å²) in [5.41, 5.74) is 0.761. The minimum absolute atomic E-state index is 0.0875. The van der Waals surface area contributed by atoms with E-state index in [1.54, 1.807) is 11.3 Å². The molecule has 0 radical (unpaired) electrons. The number of benzene rings is 1. The lowest BCUT2D eigenvalue weighted by atomic mass is 10.1. The Balaban J connectivity index is 1.24. The van der Waals surface area contributed by atoms with Crippen molar-refractivity contribution < 1.29 is 14.3 Å². The van der Waals surface area contributed by atoms with Gasteiger partial charge in [0.05, 0.1) is 4.88 Å². The van der Waals surface area contributed by atoms with Gasteiger partial charge in [-0.25, -0.2) is 0 Å². The second-order valence-electron chi connectivity index (χ2n) is 8.77. The van der Waals surface area contributed by atoms with Crippen molar-refractivity contribution in [1.29, 1.82) is 0 Å². The lowest BCUT2D eigenvalue weighted by Crippen LogP contribution is -2.41. The lowest BCUT2D eigenvalue weighted by molar-refractivity contribution is -0.114. The molecule has 0 aliphatic carbocycles. The number of nitrogens with zero attached hydrogens (tertiary/aromatic N) is 2. The average molecular weight is 456 g/mol. The van der Waals surface area contributed by atoms with Crippen molar-refractivity contribution in [3.63, 3.8) is 0 Å². The molecule has 172 valence electrons. The van der Waals surface area contributed by atoms with E-state index < -0.39 is 0 Å². The van der Waals surface area contributed by atoms with Gasteiger partial charge in [-0.1, -0.05) is 12.8 Å². The number of amides is 2. The van der Waals surface area contributed by atoms with Crippen molar-refractivity contribution in [2.24, 2.45) is 0 Å². The number of hydrogen-bond donors (Lipinski definition) is 1. The highest BCUT2D eigenvalue weighted by Gasteiger charge is 2.26. The maximum atomic E-state index is 13.0. The Bertz CT molecular complexity index is 895. The number of piperidine rings is 1. The molecule has 0 atom stereocenters. The zero-order valence-corrected chi connectivity index (χ0v) is 19.7. The molecule has 2 fully saturated rings. The highest BCUT2D eigenvalue weighted by molar-refractivity contribution is 7.14.